The second-order valence-corrected chi connectivity index (χ2v) is 6.87. The Morgan fingerprint density at radius 1 is 1.28 bits per heavy atom. The van der Waals surface area contributed by atoms with Crippen LogP contribution in [0.4, 0.5) is 0 Å². The Kier molecular flexibility index (Phi) is 6.85. The first-order chi connectivity index (χ1) is 14.1. The van der Waals surface area contributed by atoms with Crippen molar-refractivity contribution in [3.63, 3.8) is 0 Å². The van der Waals surface area contributed by atoms with Crippen molar-refractivity contribution in [3.05, 3.63) is 54.1 Å². The molecule has 0 saturated heterocycles. The van der Waals surface area contributed by atoms with E-state index in [2.05, 4.69) is 20.7 Å². The molecule has 1 amide bonds. The first kappa shape index (κ1) is 20.4. The number of amides is 1. The van der Waals surface area contributed by atoms with E-state index in [1.54, 1.807) is 12.1 Å². The average Bonchev–Trinajstić information content (AvgIpc) is 3.17. The quantitative estimate of drug-likeness (QED) is 0.336. The molecule has 0 radical (unpaired) electrons. The summed E-state index contributed by atoms with van der Waals surface area (Å²) in [5, 5.41) is 22.7. The zero-order valence-corrected chi connectivity index (χ0v) is 16.9. The van der Waals surface area contributed by atoms with Gasteiger partial charge in [-0.1, -0.05) is 42.1 Å². The lowest BCUT2D eigenvalue weighted by Gasteiger charge is -2.07. The summed E-state index contributed by atoms with van der Waals surface area (Å²) in [7, 11) is 1.47. The number of ether oxygens (including phenoxy) is 1. The molecule has 0 aliphatic rings. The third-order valence-corrected chi connectivity index (χ3v) is 4.97. The maximum atomic E-state index is 12.1. The molecule has 2 aromatic carbocycles. The summed E-state index contributed by atoms with van der Waals surface area (Å²) in [6, 6.07) is 14.6. The van der Waals surface area contributed by atoms with Crippen LogP contribution in [0.2, 0.25) is 0 Å². The normalized spacial score (nSPS) is 11.0. The van der Waals surface area contributed by atoms with Crippen LogP contribution in [-0.2, 0) is 11.3 Å². The van der Waals surface area contributed by atoms with Crippen molar-refractivity contribution in [1.29, 1.82) is 0 Å². The van der Waals surface area contributed by atoms with Gasteiger partial charge in [0.1, 0.15) is 0 Å². The molecule has 3 aromatic rings. The standard InChI is InChI=1S/C20H21N5O3S/c1-3-25-19(15-7-5-4-6-8-15)23-24-20(25)29-13-18(27)22-21-12-14-9-10-16(26)17(11-14)28-2/h4-12,26H,3,13H2,1-2H3,(H,22,27). The molecule has 9 heteroatoms. The Hall–Kier alpha value is -3.33. The third kappa shape index (κ3) is 5.14. The van der Waals surface area contributed by atoms with Gasteiger partial charge < -0.3 is 14.4 Å². The predicted molar refractivity (Wildman–Crippen MR) is 112 cm³/mol. The highest BCUT2D eigenvalue weighted by atomic mass is 32.2. The zero-order chi connectivity index (χ0) is 20.6. The molecule has 0 spiro atoms. The number of methoxy groups -OCH3 is 1. The summed E-state index contributed by atoms with van der Waals surface area (Å²) < 4.78 is 7.01. The lowest BCUT2D eigenvalue weighted by Crippen LogP contribution is -2.20. The largest absolute Gasteiger partial charge is 0.504 e. The highest BCUT2D eigenvalue weighted by Crippen LogP contribution is 2.25. The summed E-state index contributed by atoms with van der Waals surface area (Å²) >= 11 is 1.30. The molecule has 1 heterocycles. The number of hydrogen-bond acceptors (Lipinski definition) is 7. The number of nitrogens with one attached hydrogen (secondary N) is 1. The minimum absolute atomic E-state index is 0.0417. The molecule has 150 valence electrons. The minimum atomic E-state index is -0.260. The summed E-state index contributed by atoms with van der Waals surface area (Å²) in [4.78, 5) is 12.1. The number of aromatic nitrogens is 3. The fourth-order valence-corrected chi connectivity index (χ4v) is 3.39. The summed E-state index contributed by atoms with van der Waals surface area (Å²) in [6.45, 7) is 2.71. The Labute approximate surface area is 172 Å². The van der Waals surface area contributed by atoms with E-state index in [1.807, 2.05) is 41.8 Å². The first-order valence-electron chi connectivity index (χ1n) is 8.92. The van der Waals surface area contributed by atoms with E-state index in [0.29, 0.717) is 23.0 Å². The topological polar surface area (TPSA) is 102 Å². The maximum Gasteiger partial charge on any atom is 0.250 e. The number of phenolic OH excluding ortho intramolecular Hbond substituents is 1. The van der Waals surface area contributed by atoms with Crippen LogP contribution < -0.4 is 10.2 Å². The van der Waals surface area contributed by atoms with E-state index < -0.39 is 0 Å². The Morgan fingerprint density at radius 2 is 2.07 bits per heavy atom. The number of nitrogens with zero attached hydrogens (tertiary/aromatic N) is 4. The summed E-state index contributed by atoms with van der Waals surface area (Å²) in [6.07, 6.45) is 1.48. The fraction of sp³-hybridized carbons (Fsp3) is 0.200. The van der Waals surface area contributed by atoms with E-state index in [1.165, 1.54) is 31.2 Å². The Morgan fingerprint density at radius 3 is 2.79 bits per heavy atom. The molecule has 3 rings (SSSR count). The number of phenols is 1. The lowest BCUT2D eigenvalue weighted by atomic mass is 10.2. The smallest absolute Gasteiger partial charge is 0.250 e. The van der Waals surface area contributed by atoms with Crippen molar-refractivity contribution < 1.29 is 14.6 Å². The van der Waals surface area contributed by atoms with Crippen molar-refractivity contribution in [2.24, 2.45) is 5.10 Å². The number of rotatable bonds is 8. The first-order valence-corrected chi connectivity index (χ1v) is 9.91. The second-order valence-electron chi connectivity index (χ2n) is 5.93. The van der Waals surface area contributed by atoms with Crippen LogP contribution in [0.5, 0.6) is 11.5 Å². The van der Waals surface area contributed by atoms with Crippen molar-refractivity contribution in [2.75, 3.05) is 12.9 Å². The molecular formula is C20H21N5O3S. The highest BCUT2D eigenvalue weighted by Gasteiger charge is 2.14. The zero-order valence-electron chi connectivity index (χ0n) is 16.1. The fourth-order valence-electron chi connectivity index (χ4n) is 2.60. The van der Waals surface area contributed by atoms with Gasteiger partial charge in [0, 0.05) is 12.1 Å². The van der Waals surface area contributed by atoms with Crippen molar-refractivity contribution in [3.8, 4) is 22.9 Å². The number of thioether (sulfide) groups is 1. The van der Waals surface area contributed by atoms with Gasteiger partial charge in [-0.3, -0.25) is 4.79 Å². The van der Waals surface area contributed by atoms with Gasteiger partial charge in [0.15, 0.2) is 22.5 Å². The van der Waals surface area contributed by atoms with Crippen molar-refractivity contribution >= 4 is 23.9 Å². The van der Waals surface area contributed by atoms with Crippen LogP contribution in [0.15, 0.2) is 58.8 Å². The number of benzene rings is 2. The molecule has 0 aliphatic heterocycles. The predicted octanol–water partition coefficient (Wildman–Crippen LogP) is 2.92. The van der Waals surface area contributed by atoms with Crippen LogP contribution in [-0.4, -0.2) is 44.9 Å². The van der Waals surface area contributed by atoms with Crippen LogP contribution in [0.1, 0.15) is 12.5 Å². The molecule has 0 fully saturated rings. The molecule has 8 nitrogen and oxygen atoms in total. The Balaban J connectivity index is 1.58. The molecule has 0 unspecified atom stereocenters. The molecular weight excluding hydrogens is 390 g/mol. The number of carbonyl (C=O) groups is 1. The SMILES string of the molecule is CCn1c(SCC(=O)NN=Cc2ccc(O)c(OC)c2)nnc1-c1ccccc1. The maximum absolute atomic E-state index is 12.1. The second kappa shape index (κ2) is 9.74. The molecule has 29 heavy (non-hydrogen) atoms. The molecule has 0 bridgehead atoms. The molecule has 2 N–H and O–H groups in total. The summed E-state index contributed by atoms with van der Waals surface area (Å²) in [5.74, 6) is 1.05. The van der Waals surface area contributed by atoms with Crippen LogP contribution >= 0.6 is 11.8 Å². The highest BCUT2D eigenvalue weighted by molar-refractivity contribution is 7.99. The van der Waals surface area contributed by atoms with Gasteiger partial charge in [-0.25, -0.2) is 5.43 Å². The van der Waals surface area contributed by atoms with E-state index in [-0.39, 0.29) is 17.4 Å². The third-order valence-electron chi connectivity index (χ3n) is 4.00. The van der Waals surface area contributed by atoms with Crippen LogP contribution in [0.25, 0.3) is 11.4 Å². The van der Waals surface area contributed by atoms with Crippen molar-refractivity contribution in [1.82, 2.24) is 20.2 Å². The van der Waals surface area contributed by atoms with Gasteiger partial charge in [-0.2, -0.15) is 5.10 Å². The lowest BCUT2D eigenvalue weighted by molar-refractivity contribution is -0.118. The number of hydrogen-bond donors (Lipinski definition) is 2. The van der Waals surface area contributed by atoms with Crippen molar-refractivity contribution in [2.45, 2.75) is 18.6 Å². The molecule has 1 aromatic heterocycles. The van der Waals surface area contributed by atoms with E-state index in [4.69, 9.17) is 4.74 Å². The molecule has 0 saturated carbocycles. The summed E-state index contributed by atoms with van der Waals surface area (Å²) in [5.41, 5.74) is 4.14. The molecule has 0 atom stereocenters. The Bertz CT molecular complexity index is 1000. The van der Waals surface area contributed by atoms with E-state index in [9.17, 15) is 9.90 Å². The van der Waals surface area contributed by atoms with Crippen LogP contribution in [0, 0.1) is 0 Å². The van der Waals surface area contributed by atoms with Gasteiger partial charge in [-0.05, 0) is 30.7 Å². The number of hydrazone groups is 1. The van der Waals surface area contributed by atoms with Gasteiger partial charge in [-0.15, -0.1) is 10.2 Å². The van der Waals surface area contributed by atoms with Gasteiger partial charge in [0.2, 0.25) is 0 Å². The molecule has 0 aliphatic carbocycles. The van der Waals surface area contributed by atoms with E-state index in [0.717, 1.165) is 11.4 Å². The number of carbonyl (C=O) groups excluding carboxylic acids is 1. The van der Waals surface area contributed by atoms with Crippen LogP contribution in [0.3, 0.4) is 0 Å². The minimum Gasteiger partial charge on any atom is -0.504 e. The van der Waals surface area contributed by atoms with E-state index >= 15 is 0 Å². The number of aromatic hydroxyl groups is 1. The monoisotopic (exact) mass is 411 g/mol. The van der Waals surface area contributed by atoms with Gasteiger partial charge in [0.05, 0.1) is 19.1 Å². The van der Waals surface area contributed by atoms with Gasteiger partial charge in [0.25, 0.3) is 5.91 Å². The average molecular weight is 411 g/mol. The van der Waals surface area contributed by atoms with Gasteiger partial charge >= 0.3 is 0 Å².